The lowest BCUT2D eigenvalue weighted by molar-refractivity contribution is 0.149. The second-order valence-corrected chi connectivity index (χ2v) is 11.2. The predicted octanol–water partition coefficient (Wildman–Crippen LogP) is 4.21. The molecule has 2 saturated heterocycles. The van der Waals surface area contributed by atoms with Gasteiger partial charge in [-0.15, -0.1) is 0 Å². The molecule has 27 heavy (non-hydrogen) atoms. The molecule has 152 valence electrons. The number of hydrogen-bond donors (Lipinski definition) is 0. The highest BCUT2D eigenvalue weighted by atomic mass is 32.2. The zero-order valence-electron chi connectivity index (χ0n) is 17.2. The second kappa shape index (κ2) is 8.95. The smallest absolute Gasteiger partial charge is 0.180 e. The minimum absolute atomic E-state index is 0.379. The number of rotatable bonds is 6. The summed E-state index contributed by atoms with van der Waals surface area (Å²) in [5, 5.41) is -0.379. The largest absolute Gasteiger partial charge is 0.371 e. The lowest BCUT2D eigenvalue weighted by Gasteiger charge is -2.38. The summed E-state index contributed by atoms with van der Waals surface area (Å²) in [6.07, 6.45) is 6.47. The molecule has 0 aliphatic carbocycles. The van der Waals surface area contributed by atoms with Gasteiger partial charge in [-0.2, -0.15) is 0 Å². The fourth-order valence-corrected chi connectivity index (χ4v) is 5.54. The van der Waals surface area contributed by atoms with Crippen LogP contribution < -0.4 is 4.90 Å². The van der Waals surface area contributed by atoms with E-state index in [2.05, 4.69) is 22.8 Å². The van der Waals surface area contributed by atoms with Gasteiger partial charge in [-0.1, -0.05) is 19.4 Å². The lowest BCUT2D eigenvalue weighted by atomic mass is 9.91. The number of sulfone groups is 1. The number of piperidine rings is 2. The van der Waals surface area contributed by atoms with Crippen LogP contribution in [-0.2, 0) is 9.84 Å². The monoisotopic (exact) mass is 392 g/mol. The van der Waals surface area contributed by atoms with E-state index in [0.717, 1.165) is 30.6 Å². The summed E-state index contributed by atoms with van der Waals surface area (Å²) < 4.78 is 24.9. The van der Waals surface area contributed by atoms with E-state index in [-0.39, 0.29) is 5.25 Å². The normalized spacial score (nSPS) is 21.1. The molecule has 1 aromatic rings. The third-order valence-corrected chi connectivity index (χ3v) is 8.70. The molecule has 2 fully saturated rings. The first-order chi connectivity index (χ1) is 12.9. The first kappa shape index (κ1) is 20.7. The van der Waals surface area contributed by atoms with E-state index in [0.29, 0.717) is 4.90 Å². The zero-order valence-corrected chi connectivity index (χ0v) is 18.0. The number of likely N-dealkylation sites (tertiary alicyclic amines) is 1. The van der Waals surface area contributed by atoms with Gasteiger partial charge in [0.05, 0.1) is 10.1 Å². The van der Waals surface area contributed by atoms with Crippen molar-refractivity contribution in [3.63, 3.8) is 0 Å². The third-order valence-electron chi connectivity index (χ3n) is 6.55. The van der Waals surface area contributed by atoms with E-state index < -0.39 is 9.84 Å². The molecule has 0 spiro atoms. The Kier molecular flexibility index (Phi) is 6.85. The molecule has 2 aliphatic heterocycles. The van der Waals surface area contributed by atoms with E-state index in [1.165, 1.54) is 51.7 Å². The minimum atomic E-state index is -3.21. The molecule has 3 rings (SSSR count). The van der Waals surface area contributed by atoms with Gasteiger partial charge in [-0.25, -0.2) is 8.42 Å². The maximum Gasteiger partial charge on any atom is 0.180 e. The first-order valence-electron chi connectivity index (χ1n) is 10.7. The van der Waals surface area contributed by atoms with Crippen LogP contribution in [0.15, 0.2) is 29.2 Å². The van der Waals surface area contributed by atoms with Crippen LogP contribution in [0.4, 0.5) is 5.69 Å². The Hall–Kier alpha value is -1.07. The quantitative estimate of drug-likeness (QED) is 0.727. The highest BCUT2D eigenvalue weighted by molar-refractivity contribution is 7.92. The SMILES string of the molecule is CCC1CCN(CC2CCN(c3cccc(S(=O)(=O)C(C)C)c3)CC2)CC1. The van der Waals surface area contributed by atoms with Crippen LogP contribution in [0.2, 0.25) is 0 Å². The molecule has 0 atom stereocenters. The molecule has 4 nitrogen and oxygen atoms in total. The van der Waals surface area contributed by atoms with Gasteiger partial charge in [0.25, 0.3) is 0 Å². The summed E-state index contributed by atoms with van der Waals surface area (Å²) in [6, 6.07) is 7.53. The van der Waals surface area contributed by atoms with Gasteiger partial charge in [-0.05, 0) is 82.7 Å². The van der Waals surface area contributed by atoms with Gasteiger partial charge >= 0.3 is 0 Å². The summed E-state index contributed by atoms with van der Waals surface area (Å²) in [7, 11) is -3.21. The molecule has 0 bridgehead atoms. The summed E-state index contributed by atoms with van der Waals surface area (Å²) in [5.74, 6) is 1.72. The molecule has 5 heteroatoms. The summed E-state index contributed by atoms with van der Waals surface area (Å²) >= 11 is 0. The lowest BCUT2D eigenvalue weighted by Crippen LogP contribution is -2.41. The molecule has 0 N–H and O–H groups in total. The number of nitrogens with zero attached hydrogens (tertiary/aromatic N) is 2. The molecule has 0 radical (unpaired) electrons. The first-order valence-corrected chi connectivity index (χ1v) is 12.3. The Bertz CT molecular complexity index is 701. The van der Waals surface area contributed by atoms with Crippen LogP contribution in [0.3, 0.4) is 0 Å². The van der Waals surface area contributed by atoms with E-state index >= 15 is 0 Å². The van der Waals surface area contributed by atoms with E-state index in [9.17, 15) is 8.42 Å². The Morgan fingerprint density at radius 3 is 2.22 bits per heavy atom. The molecular weight excluding hydrogens is 356 g/mol. The van der Waals surface area contributed by atoms with Crippen molar-refractivity contribution in [1.29, 1.82) is 0 Å². The van der Waals surface area contributed by atoms with Crippen LogP contribution in [0.25, 0.3) is 0 Å². The van der Waals surface area contributed by atoms with Crippen molar-refractivity contribution >= 4 is 15.5 Å². The minimum Gasteiger partial charge on any atom is -0.371 e. The molecular formula is C22H36N2O2S. The van der Waals surface area contributed by atoms with Crippen LogP contribution >= 0.6 is 0 Å². The van der Waals surface area contributed by atoms with Gasteiger partial charge in [0.1, 0.15) is 0 Å². The van der Waals surface area contributed by atoms with Crippen LogP contribution in [0, 0.1) is 11.8 Å². The van der Waals surface area contributed by atoms with Crippen LogP contribution in [0.1, 0.15) is 52.9 Å². The van der Waals surface area contributed by atoms with Gasteiger partial charge in [0.2, 0.25) is 0 Å². The van der Waals surface area contributed by atoms with Gasteiger partial charge in [0.15, 0.2) is 9.84 Å². The summed E-state index contributed by atoms with van der Waals surface area (Å²) in [6.45, 7) is 11.7. The standard InChI is InChI=1S/C22H36N2O2S/c1-4-19-8-12-23(13-9-19)17-20-10-14-24(15-11-20)21-6-5-7-22(16-21)27(25,26)18(2)3/h5-7,16,18-20H,4,8-15,17H2,1-3H3. The Morgan fingerprint density at radius 1 is 1.00 bits per heavy atom. The molecule has 0 aromatic heterocycles. The van der Waals surface area contributed by atoms with E-state index in [1.807, 2.05) is 12.1 Å². The Labute approximate surface area is 165 Å². The molecule has 2 heterocycles. The van der Waals surface area contributed by atoms with Crippen molar-refractivity contribution in [3.8, 4) is 0 Å². The average Bonchev–Trinajstić information content (AvgIpc) is 2.69. The molecule has 0 amide bonds. The van der Waals surface area contributed by atoms with Crippen molar-refractivity contribution in [2.24, 2.45) is 11.8 Å². The van der Waals surface area contributed by atoms with Crippen LogP contribution in [0.5, 0.6) is 0 Å². The van der Waals surface area contributed by atoms with Crippen molar-refractivity contribution < 1.29 is 8.42 Å². The van der Waals surface area contributed by atoms with Crippen molar-refractivity contribution in [2.75, 3.05) is 37.6 Å². The maximum atomic E-state index is 12.5. The zero-order chi connectivity index (χ0) is 19.4. The number of anilines is 1. The Balaban J connectivity index is 1.54. The fourth-order valence-electron chi connectivity index (χ4n) is 4.45. The predicted molar refractivity (Wildman–Crippen MR) is 113 cm³/mol. The topological polar surface area (TPSA) is 40.6 Å². The molecule has 2 aliphatic rings. The van der Waals surface area contributed by atoms with E-state index in [1.54, 1.807) is 19.9 Å². The van der Waals surface area contributed by atoms with Crippen LogP contribution in [-0.4, -0.2) is 51.3 Å². The van der Waals surface area contributed by atoms with Gasteiger partial charge in [-0.3, -0.25) is 0 Å². The average molecular weight is 393 g/mol. The van der Waals surface area contributed by atoms with Gasteiger partial charge in [0, 0.05) is 25.3 Å². The van der Waals surface area contributed by atoms with Crippen molar-refractivity contribution in [2.45, 2.75) is 63.0 Å². The van der Waals surface area contributed by atoms with Gasteiger partial charge < -0.3 is 9.80 Å². The maximum absolute atomic E-state index is 12.5. The summed E-state index contributed by atoms with van der Waals surface area (Å²) in [4.78, 5) is 5.48. The fraction of sp³-hybridized carbons (Fsp3) is 0.727. The second-order valence-electron chi connectivity index (χ2n) is 8.67. The van der Waals surface area contributed by atoms with Crippen molar-refractivity contribution in [1.82, 2.24) is 4.90 Å². The highest BCUT2D eigenvalue weighted by Gasteiger charge is 2.25. The molecule has 1 aromatic carbocycles. The Morgan fingerprint density at radius 2 is 1.63 bits per heavy atom. The van der Waals surface area contributed by atoms with Crippen molar-refractivity contribution in [3.05, 3.63) is 24.3 Å². The highest BCUT2D eigenvalue weighted by Crippen LogP contribution is 2.28. The third kappa shape index (κ3) is 5.05. The molecule has 0 unspecified atom stereocenters. The number of benzene rings is 1. The van der Waals surface area contributed by atoms with E-state index in [4.69, 9.17) is 0 Å². The number of hydrogen-bond acceptors (Lipinski definition) is 4. The summed E-state index contributed by atoms with van der Waals surface area (Å²) in [5.41, 5.74) is 1.05. The molecule has 0 saturated carbocycles.